The van der Waals surface area contributed by atoms with Crippen LogP contribution in [0.1, 0.15) is 5.76 Å². The maximum absolute atomic E-state index is 12.0. The number of hydrogen-bond donors (Lipinski definition) is 2. The van der Waals surface area contributed by atoms with Gasteiger partial charge in [0.05, 0.1) is 12.6 Å². The van der Waals surface area contributed by atoms with Gasteiger partial charge >= 0.3 is 0 Å². The lowest BCUT2D eigenvalue weighted by atomic mass is 10.1. The highest BCUT2D eigenvalue weighted by atomic mass is 16.5. The third kappa shape index (κ3) is 3.69. The number of ether oxygens (including phenoxy) is 1. The number of benzene rings is 1. The number of amides is 1. The van der Waals surface area contributed by atoms with Gasteiger partial charge in [-0.2, -0.15) is 0 Å². The maximum Gasteiger partial charge on any atom is 0.244 e. The number of rotatable bonds is 6. The molecule has 2 atom stereocenters. The standard InChI is InChI=1S/C19H22N2O4/c1-13-9-14-10-16(6-7-18(14)25-13)24-12-15-5-3-4-8-21(15)17(11-22)19(23)20-2/h3-10,15,17,22H,11-12H2,1-2H3,(H,20,23). The number of allylic oxidation sites excluding steroid dienone is 2. The van der Waals surface area contributed by atoms with Crippen LogP contribution in [0.3, 0.4) is 0 Å². The first-order valence-electron chi connectivity index (χ1n) is 8.20. The van der Waals surface area contributed by atoms with E-state index in [1.54, 1.807) is 18.1 Å². The van der Waals surface area contributed by atoms with E-state index in [-0.39, 0.29) is 18.6 Å². The Kier molecular flexibility index (Phi) is 5.09. The van der Waals surface area contributed by atoms with E-state index < -0.39 is 6.04 Å². The Labute approximate surface area is 146 Å². The summed E-state index contributed by atoms with van der Waals surface area (Å²) >= 11 is 0. The lowest BCUT2D eigenvalue weighted by Crippen LogP contribution is -2.51. The van der Waals surface area contributed by atoms with Crippen molar-refractivity contribution >= 4 is 16.9 Å². The van der Waals surface area contributed by atoms with Gasteiger partial charge in [-0.1, -0.05) is 12.2 Å². The Morgan fingerprint density at radius 2 is 2.24 bits per heavy atom. The predicted octanol–water partition coefficient (Wildman–Crippen LogP) is 1.98. The normalized spacial score (nSPS) is 17.7. The van der Waals surface area contributed by atoms with Crippen molar-refractivity contribution in [2.24, 2.45) is 0 Å². The number of nitrogens with one attached hydrogen (secondary N) is 1. The third-order valence-electron chi connectivity index (χ3n) is 4.20. The smallest absolute Gasteiger partial charge is 0.244 e. The first kappa shape index (κ1) is 17.1. The number of likely N-dealkylation sites (N-methyl/N-ethyl adjacent to an activating group) is 1. The number of aryl methyl sites for hydroxylation is 1. The molecule has 0 bridgehead atoms. The van der Waals surface area contributed by atoms with Crippen molar-refractivity contribution in [2.75, 3.05) is 20.3 Å². The molecule has 6 nitrogen and oxygen atoms in total. The molecule has 6 heteroatoms. The summed E-state index contributed by atoms with van der Waals surface area (Å²) in [6.07, 6.45) is 7.49. The number of carbonyl (C=O) groups is 1. The molecule has 2 heterocycles. The average Bonchev–Trinajstić information content (AvgIpc) is 3.00. The summed E-state index contributed by atoms with van der Waals surface area (Å²) in [5.74, 6) is 1.36. The molecule has 0 saturated carbocycles. The molecule has 1 aliphatic heterocycles. The first-order valence-corrected chi connectivity index (χ1v) is 8.20. The molecular weight excluding hydrogens is 320 g/mol. The van der Waals surface area contributed by atoms with E-state index in [4.69, 9.17) is 9.15 Å². The summed E-state index contributed by atoms with van der Waals surface area (Å²) in [5.41, 5.74) is 0.826. The molecule has 0 saturated heterocycles. The molecule has 1 aliphatic rings. The summed E-state index contributed by atoms with van der Waals surface area (Å²) in [5, 5.41) is 13.2. The van der Waals surface area contributed by atoms with E-state index in [1.165, 1.54) is 0 Å². The molecule has 1 aromatic carbocycles. The topological polar surface area (TPSA) is 74.9 Å². The lowest BCUT2D eigenvalue weighted by molar-refractivity contribution is -0.127. The van der Waals surface area contributed by atoms with Crippen LogP contribution < -0.4 is 10.1 Å². The number of carbonyl (C=O) groups excluding carboxylic acids is 1. The Balaban J connectivity index is 1.71. The predicted molar refractivity (Wildman–Crippen MR) is 95.3 cm³/mol. The second kappa shape index (κ2) is 7.44. The minimum Gasteiger partial charge on any atom is -0.491 e. The van der Waals surface area contributed by atoms with Crippen LogP contribution in [0.2, 0.25) is 0 Å². The van der Waals surface area contributed by atoms with Crippen LogP contribution in [-0.4, -0.2) is 48.3 Å². The van der Waals surface area contributed by atoms with Gasteiger partial charge in [-0.3, -0.25) is 4.79 Å². The van der Waals surface area contributed by atoms with Crippen molar-refractivity contribution < 1.29 is 19.1 Å². The molecule has 0 spiro atoms. The van der Waals surface area contributed by atoms with E-state index in [0.29, 0.717) is 6.61 Å². The van der Waals surface area contributed by atoms with E-state index >= 15 is 0 Å². The number of furan rings is 1. The molecule has 2 aromatic rings. The molecule has 0 aliphatic carbocycles. The van der Waals surface area contributed by atoms with Gasteiger partial charge in [0.15, 0.2) is 0 Å². The third-order valence-corrected chi connectivity index (χ3v) is 4.20. The minimum absolute atomic E-state index is 0.152. The molecule has 1 amide bonds. The van der Waals surface area contributed by atoms with Gasteiger partial charge in [0.1, 0.15) is 29.7 Å². The van der Waals surface area contributed by atoms with Crippen LogP contribution >= 0.6 is 0 Å². The number of aliphatic hydroxyl groups excluding tert-OH is 1. The summed E-state index contributed by atoms with van der Waals surface area (Å²) in [6, 6.07) is 6.83. The van der Waals surface area contributed by atoms with Crippen molar-refractivity contribution in [3.8, 4) is 5.75 Å². The summed E-state index contributed by atoms with van der Waals surface area (Å²) < 4.78 is 11.5. The van der Waals surface area contributed by atoms with Crippen LogP contribution in [0.25, 0.3) is 11.0 Å². The number of nitrogens with zero attached hydrogens (tertiary/aromatic N) is 1. The van der Waals surface area contributed by atoms with Gasteiger partial charge in [0, 0.05) is 18.6 Å². The van der Waals surface area contributed by atoms with Crippen LogP contribution in [0.4, 0.5) is 0 Å². The van der Waals surface area contributed by atoms with Crippen molar-refractivity contribution in [1.82, 2.24) is 10.2 Å². The lowest BCUT2D eigenvalue weighted by Gasteiger charge is -2.35. The Morgan fingerprint density at radius 1 is 1.40 bits per heavy atom. The van der Waals surface area contributed by atoms with E-state index in [2.05, 4.69) is 5.32 Å². The van der Waals surface area contributed by atoms with Crippen LogP contribution in [0.15, 0.2) is 53.1 Å². The quantitative estimate of drug-likeness (QED) is 0.840. The molecule has 2 N–H and O–H groups in total. The number of fused-ring (bicyclic) bond motifs is 1. The molecular formula is C19H22N2O4. The minimum atomic E-state index is -0.654. The maximum atomic E-state index is 12.0. The van der Waals surface area contributed by atoms with Gasteiger partial charge in [0.25, 0.3) is 0 Å². The van der Waals surface area contributed by atoms with Gasteiger partial charge in [-0.15, -0.1) is 0 Å². The second-order valence-electron chi connectivity index (χ2n) is 5.92. The fourth-order valence-corrected chi connectivity index (χ4v) is 2.93. The highest BCUT2D eigenvalue weighted by Crippen LogP contribution is 2.24. The molecule has 2 unspecified atom stereocenters. The highest BCUT2D eigenvalue weighted by molar-refractivity contribution is 5.82. The summed E-state index contributed by atoms with van der Waals surface area (Å²) in [7, 11) is 1.56. The molecule has 25 heavy (non-hydrogen) atoms. The van der Waals surface area contributed by atoms with Crippen molar-refractivity contribution in [3.05, 3.63) is 54.5 Å². The van der Waals surface area contributed by atoms with Gasteiger partial charge in [0.2, 0.25) is 5.91 Å². The summed E-state index contributed by atoms with van der Waals surface area (Å²) in [4.78, 5) is 13.8. The fraction of sp³-hybridized carbons (Fsp3) is 0.316. The Hall–Kier alpha value is -2.73. The van der Waals surface area contributed by atoms with Crippen molar-refractivity contribution in [1.29, 1.82) is 0 Å². The second-order valence-corrected chi connectivity index (χ2v) is 5.92. The van der Waals surface area contributed by atoms with Gasteiger partial charge in [-0.25, -0.2) is 0 Å². The Morgan fingerprint density at radius 3 is 3.00 bits per heavy atom. The highest BCUT2D eigenvalue weighted by Gasteiger charge is 2.28. The zero-order valence-corrected chi connectivity index (χ0v) is 14.3. The fourth-order valence-electron chi connectivity index (χ4n) is 2.93. The van der Waals surface area contributed by atoms with Gasteiger partial charge in [-0.05, 0) is 37.3 Å². The van der Waals surface area contributed by atoms with Crippen LogP contribution in [0, 0.1) is 6.92 Å². The van der Waals surface area contributed by atoms with Crippen molar-refractivity contribution in [3.63, 3.8) is 0 Å². The monoisotopic (exact) mass is 342 g/mol. The summed E-state index contributed by atoms with van der Waals surface area (Å²) in [6.45, 7) is 2.00. The van der Waals surface area contributed by atoms with Crippen LogP contribution in [-0.2, 0) is 4.79 Å². The molecule has 132 valence electrons. The molecule has 0 radical (unpaired) electrons. The SMILES string of the molecule is CNC(=O)C(CO)N1C=CC=CC1COc1ccc2oc(C)cc2c1. The average molecular weight is 342 g/mol. The first-order chi connectivity index (χ1) is 12.1. The molecule has 1 aromatic heterocycles. The van der Waals surface area contributed by atoms with E-state index in [1.807, 2.05) is 49.4 Å². The van der Waals surface area contributed by atoms with E-state index in [9.17, 15) is 9.90 Å². The largest absolute Gasteiger partial charge is 0.491 e. The Bertz CT molecular complexity index is 809. The molecule has 3 rings (SSSR count). The van der Waals surface area contributed by atoms with Crippen molar-refractivity contribution in [2.45, 2.75) is 19.0 Å². The number of aliphatic hydroxyl groups is 1. The number of hydrogen-bond acceptors (Lipinski definition) is 5. The zero-order chi connectivity index (χ0) is 17.8. The van der Waals surface area contributed by atoms with Gasteiger partial charge < -0.3 is 24.5 Å². The zero-order valence-electron chi connectivity index (χ0n) is 14.3. The molecule has 0 fully saturated rings. The van der Waals surface area contributed by atoms with E-state index in [0.717, 1.165) is 22.5 Å². The van der Waals surface area contributed by atoms with Crippen LogP contribution in [0.5, 0.6) is 5.75 Å².